The molecule has 0 saturated carbocycles. The minimum atomic E-state index is -0.989. The summed E-state index contributed by atoms with van der Waals surface area (Å²) in [6.07, 6.45) is 12.0. The molecule has 3 aromatic carbocycles. The number of anilines is 1. The lowest BCUT2D eigenvalue weighted by Crippen LogP contribution is -2.26. The standard InChI is InChI=1S/C38H44N2O7/c1-4-6-8-10-11-12-14-29-15-17-30(18-16-29)19-20-31-21-23-32(24-22-31)46-38(42)33-26-34(39)36(27-35(33)40(43)44)47-37(41)28(3)45-25-13-9-7-5-2/h5,15-18,21-24,26-28H,2,4,6-14,25,39H2,1,3H3/t28-/m1/s1. The zero-order valence-electron chi connectivity index (χ0n) is 27.3. The van der Waals surface area contributed by atoms with Crippen LogP contribution in [-0.4, -0.2) is 29.6 Å². The number of rotatable bonds is 18. The Morgan fingerprint density at radius 2 is 1.55 bits per heavy atom. The maximum atomic E-state index is 12.9. The van der Waals surface area contributed by atoms with E-state index < -0.39 is 28.7 Å². The number of benzene rings is 3. The summed E-state index contributed by atoms with van der Waals surface area (Å²) in [7, 11) is 0. The average Bonchev–Trinajstić information content (AvgIpc) is 3.06. The van der Waals surface area contributed by atoms with E-state index in [1.165, 1.54) is 51.0 Å². The number of aryl methyl sites for hydroxylation is 1. The molecule has 0 unspecified atom stereocenters. The molecule has 0 spiro atoms. The van der Waals surface area contributed by atoms with Gasteiger partial charge in [0.1, 0.15) is 11.3 Å². The minimum absolute atomic E-state index is 0.143. The number of esters is 2. The molecule has 9 heteroatoms. The number of carbonyl (C=O) groups excluding carboxylic acids is 2. The topological polar surface area (TPSA) is 131 Å². The first-order chi connectivity index (χ1) is 22.7. The Hall–Kier alpha value is -4.94. The van der Waals surface area contributed by atoms with Crippen molar-refractivity contribution in [1.82, 2.24) is 0 Å². The van der Waals surface area contributed by atoms with Crippen molar-refractivity contribution >= 4 is 23.3 Å². The van der Waals surface area contributed by atoms with Gasteiger partial charge in [-0.25, -0.2) is 9.59 Å². The number of unbranched alkanes of at least 4 members (excludes halogenated alkanes) is 7. The summed E-state index contributed by atoms with van der Waals surface area (Å²) in [5, 5.41) is 11.8. The summed E-state index contributed by atoms with van der Waals surface area (Å²) in [6.45, 7) is 7.73. The van der Waals surface area contributed by atoms with E-state index in [-0.39, 0.29) is 22.7 Å². The Labute approximate surface area is 277 Å². The minimum Gasteiger partial charge on any atom is -0.423 e. The van der Waals surface area contributed by atoms with E-state index in [0.717, 1.165) is 43.4 Å². The van der Waals surface area contributed by atoms with Crippen molar-refractivity contribution in [1.29, 1.82) is 0 Å². The number of nitrogens with two attached hydrogens (primary N) is 1. The number of allylic oxidation sites excluding steroid dienone is 1. The highest BCUT2D eigenvalue weighted by atomic mass is 16.6. The Morgan fingerprint density at radius 3 is 2.19 bits per heavy atom. The van der Waals surface area contributed by atoms with E-state index in [1.54, 1.807) is 30.3 Å². The van der Waals surface area contributed by atoms with Crippen LogP contribution in [0.15, 0.2) is 73.3 Å². The summed E-state index contributed by atoms with van der Waals surface area (Å²) >= 11 is 0. The Balaban J connectivity index is 1.58. The van der Waals surface area contributed by atoms with Gasteiger partial charge in [-0.15, -0.1) is 6.58 Å². The van der Waals surface area contributed by atoms with Crippen molar-refractivity contribution in [3.05, 3.63) is 106 Å². The van der Waals surface area contributed by atoms with Crippen molar-refractivity contribution in [2.75, 3.05) is 12.3 Å². The number of hydrogen-bond donors (Lipinski definition) is 1. The smallest absolute Gasteiger partial charge is 0.350 e. The molecule has 9 nitrogen and oxygen atoms in total. The normalized spacial score (nSPS) is 11.2. The lowest BCUT2D eigenvalue weighted by molar-refractivity contribution is -0.385. The van der Waals surface area contributed by atoms with Gasteiger partial charge in [-0.2, -0.15) is 0 Å². The molecule has 47 heavy (non-hydrogen) atoms. The van der Waals surface area contributed by atoms with Gasteiger partial charge in [-0.05, 0) is 87.1 Å². The highest BCUT2D eigenvalue weighted by Crippen LogP contribution is 2.32. The second-order valence-corrected chi connectivity index (χ2v) is 11.3. The summed E-state index contributed by atoms with van der Waals surface area (Å²) < 4.78 is 16.1. The third kappa shape index (κ3) is 12.4. The van der Waals surface area contributed by atoms with Crippen LogP contribution in [0.25, 0.3) is 0 Å². The van der Waals surface area contributed by atoms with Crippen LogP contribution in [-0.2, 0) is 16.0 Å². The molecule has 2 N–H and O–H groups in total. The second kappa shape index (κ2) is 19.5. The van der Waals surface area contributed by atoms with Gasteiger partial charge in [0.25, 0.3) is 5.69 Å². The molecule has 3 aromatic rings. The number of hydrogen-bond acceptors (Lipinski definition) is 8. The monoisotopic (exact) mass is 640 g/mol. The zero-order chi connectivity index (χ0) is 34.0. The molecule has 0 heterocycles. The number of nitro benzene ring substituents is 1. The van der Waals surface area contributed by atoms with Gasteiger partial charge < -0.3 is 19.9 Å². The van der Waals surface area contributed by atoms with E-state index in [9.17, 15) is 19.7 Å². The van der Waals surface area contributed by atoms with Crippen molar-refractivity contribution in [3.63, 3.8) is 0 Å². The van der Waals surface area contributed by atoms with Crippen molar-refractivity contribution in [2.24, 2.45) is 0 Å². The van der Waals surface area contributed by atoms with Gasteiger partial charge in [0.2, 0.25) is 0 Å². The Kier molecular flexibility index (Phi) is 15.2. The van der Waals surface area contributed by atoms with E-state index in [1.807, 2.05) is 12.1 Å². The predicted octanol–water partition coefficient (Wildman–Crippen LogP) is 8.37. The summed E-state index contributed by atoms with van der Waals surface area (Å²) in [5.41, 5.74) is 7.76. The van der Waals surface area contributed by atoms with Crippen LogP contribution in [0.5, 0.6) is 11.5 Å². The second-order valence-electron chi connectivity index (χ2n) is 11.3. The van der Waals surface area contributed by atoms with Crippen LogP contribution in [0.2, 0.25) is 0 Å². The lowest BCUT2D eigenvalue weighted by atomic mass is 10.0. The van der Waals surface area contributed by atoms with Crippen molar-refractivity contribution in [3.8, 4) is 23.3 Å². The first kappa shape index (κ1) is 36.5. The third-order valence-corrected chi connectivity index (χ3v) is 7.45. The quantitative estimate of drug-likeness (QED) is 0.0214. The summed E-state index contributed by atoms with van der Waals surface area (Å²) in [5.74, 6) is 4.39. The van der Waals surface area contributed by atoms with Crippen LogP contribution in [0.3, 0.4) is 0 Å². The van der Waals surface area contributed by atoms with Crippen LogP contribution in [0.1, 0.15) is 98.7 Å². The molecule has 3 rings (SSSR count). The van der Waals surface area contributed by atoms with E-state index >= 15 is 0 Å². The first-order valence-corrected chi connectivity index (χ1v) is 16.2. The molecule has 0 fully saturated rings. The van der Waals surface area contributed by atoms with Gasteiger partial charge >= 0.3 is 11.9 Å². The highest BCUT2D eigenvalue weighted by molar-refractivity contribution is 5.97. The maximum Gasteiger partial charge on any atom is 0.350 e. The fraction of sp³-hybridized carbons (Fsp3) is 0.368. The molecular weight excluding hydrogens is 596 g/mol. The predicted molar refractivity (Wildman–Crippen MR) is 184 cm³/mol. The third-order valence-electron chi connectivity index (χ3n) is 7.45. The number of nitrogens with zero attached hydrogens (tertiary/aromatic N) is 1. The molecule has 0 amide bonds. The number of ether oxygens (including phenoxy) is 3. The van der Waals surface area contributed by atoms with E-state index in [0.29, 0.717) is 12.2 Å². The van der Waals surface area contributed by atoms with Gasteiger partial charge in [0.15, 0.2) is 11.9 Å². The molecule has 0 radical (unpaired) electrons. The van der Waals surface area contributed by atoms with Gasteiger partial charge in [-0.3, -0.25) is 10.1 Å². The molecule has 0 aliphatic rings. The molecule has 0 aliphatic heterocycles. The van der Waals surface area contributed by atoms with Gasteiger partial charge in [-0.1, -0.05) is 69.1 Å². The highest BCUT2D eigenvalue weighted by Gasteiger charge is 2.27. The van der Waals surface area contributed by atoms with Crippen LogP contribution in [0.4, 0.5) is 11.4 Å². The maximum absolute atomic E-state index is 12.9. The molecule has 0 aliphatic carbocycles. The Bertz CT molecular complexity index is 1550. The van der Waals surface area contributed by atoms with Crippen molar-refractivity contribution in [2.45, 2.75) is 84.2 Å². The van der Waals surface area contributed by atoms with Crippen LogP contribution in [0, 0.1) is 22.0 Å². The van der Waals surface area contributed by atoms with E-state index in [4.69, 9.17) is 19.9 Å². The molecule has 248 valence electrons. The SMILES string of the molecule is C=CCCCCO[C@H](C)C(=O)Oc1cc([N+](=O)[O-])c(C(=O)Oc2ccc(C#Cc3ccc(CCCCCCCC)cc3)cc2)cc1N. The number of nitro groups is 1. The molecule has 0 saturated heterocycles. The summed E-state index contributed by atoms with van der Waals surface area (Å²) in [6, 6.07) is 16.7. The van der Waals surface area contributed by atoms with Crippen LogP contribution < -0.4 is 15.2 Å². The zero-order valence-corrected chi connectivity index (χ0v) is 27.3. The van der Waals surface area contributed by atoms with E-state index in [2.05, 4.69) is 37.5 Å². The largest absolute Gasteiger partial charge is 0.423 e. The number of nitrogen functional groups attached to an aromatic ring is 1. The fourth-order valence-electron chi connectivity index (χ4n) is 4.68. The first-order valence-electron chi connectivity index (χ1n) is 16.2. The fourth-order valence-corrected chi connectivity index (χ4v) is 4.68. The molecular formula is C38H44N2O7. The lowest BCUT2D eigenvalue weighted by Gasteiger charge is -2.14. The average molecular weight is 641 g/mol. The van der Waals surface area contributed by atoms with Crippen molar-refractivity contribution < 1.29 is 28.7 Å². The number of carbonyl (C=O) groups is 2. The summed E-state index contributed by atoms with van der Waals surface area (Å²) in [4.78, 5) is 36.4. The molecule has 1 atom stereocenters. The van der Waals surface area contributed by atoms with Gasteiger partial charge in [0.05, 0.1) is 16.7 Å². The van der Waals surface area contributed by atoms with Gasteiger partial charge in [0, 0.05) is 17.7 Å². The van der Waals surface area contributed by atoms with Crippen LogP contribution >= 0.6 is 0 Å². The molecule has 0 aromatic heterocycles. The molecule has 0 bridgehead atoms. The Morgan fingerprint density at radius 1 is 0.915 bits per heavy atom.